The van der Waals surface area contributed by atoms with E-state index in [0.29, 0.717) is 56.9 Å². The van der Waals surface area contributed by atoms with Crippen LogP contribution in [0.1, 0.15) is 23.2 Å². The van der Waals surface area contributed by atoms with Gasteiger partial charge < -0.3 is 24.6 Å². The number of anilines is 1. The van der Waals surface area contributed by atoms with Gasteiger partial charge in [0, 0.05) is 30.9 Å². The van der Waals surface area contributed by atoms with Crippen LogP contribution in [0.15, 0.2) is 48.5 Å². The summed E-state index contributed by atoms with van der Waals surface area (Å²) in [6, 6.07) is 9.91. The quantitative estimate of drug-likeness (QED) is 0.665. The standard InChI is InChI=1S/C23H23F4N3O4/c24-17-3-1-16(2-4-17)20(31)29-11-9-22(10-12-29)15-30(13-14-33-22)21(32)28-18-5-7-19(8-6-18)34-23(25,26)27/h1-8H,9-15H2,(H,28,32). The number of urea groups is 1. The summed E-state index contributed by atoms with van der Waals surface area (Å²) in [4.78, 5) is 28.7. The van der Waals surface area contributed by atoms with Gasteiger partial charge in [0.05, 0.1) is 18.8 Å². The molecule has 0 unspecified atom stereocenters. The number of likely N-dealkylation sites (tertiary alicyclic amines) is 1. The van der Waals surface area contributed by atoms with Crippen molar-refractivity contribution in [2.45, 2.75) is 24.8 Å². The zero-order valence-electron chi connectivity index (χ0n) is 18.1. The van der Waals surface area contributed by atoms with Crippen molar-refractivity contribution in [3.8, 4) is 5.75 Å². The Kier molecular flexibility index (Phi) is 6.65. The highest BCUT2D eigenvalue weighted by molar-refractivity contribution is 5.94. The largest absolute Gasteiger partial charge is 0.573 e. The van der Waals surface area contributed by atoms with E-state index in [4.69, 9.17) is 4.74 Å². The maximum atomic E-state index is 13.1. The molecule has 0 aliphatic carbocycles. The van der Waals surface area contributed by atoms with Crippen LogP contribution in [0.25, 0.3) is 0 Å². The van der Waals surface area contributed by atoms with Crippen LogP contribution in [0.2, 0.25) is 0 Å². The normalized spacial score (nSPS) is 18.0. The number of halogens is 4. The second-order valence-corrected chi connectivity index (χ2v) is 8.25. The molecule has 11 heteroatoms. The first-order valence-electron chi connectivity index (χ1n) is 10.7. The Labute approximate surface area is 193 Å². The number of piperidine rings is 1. The molecular formula is C23H23F4N3O4. The number of benzene rings is 2. The van der Waals surface area contributed by atoms with Gasteiger partial charge in [0.1, 0.15) is 11.6 Å². The third-order valence-electron chi connectivity index (χ3n) is 5.93. The lowest BCUT2D eigenvalue weighted by Gasteiger charge is -2.47. The second kappa shape index (κ2) is 9.49. The average molecular weight is 481 g/mol. The number of morpholine rings is 1. The van der Waals surface area contributed by atoms with E-state index >= 15 is 0 Å². The van der Waals surface area contributed by atoms with Gasteiger partial charge in [-0.15, -0.1) is 13.2 Å². The third kappa shape index (κ3) is 5.77. The smallest absolute Gasteiger partial charge is 0.406 e. The zero-order chi connectivity index (χ0) is 24.3. The van der Waals surface area contributed by atoms with Crippen LogP contribution in [0.4, 0.5) is 28.0 Å². The number of ether oxygens (including phenoxy) is 2. The molecule has 0 radical (unpaired) electrons. The van der Waals surface area contributed by atoms with Crippen LogP contribution >= 0.6 is 0 Å². The molecule has 34 heavy (non-hydrogen) atoms. The number of alkyl halides is 3. The SMILES string of the molecule is O=C(Nc1ccc(OC(F)(F)F)cc1)N1CCOC2(CCN(C(=O)c3ccc(F)cc3)CC2)C1. The summed E-state index contributed by atoms with van der Waals surface area (Å²) in [6.07, 6.45) is -3.72. The summed E-state index contributed by atoms with van der Waals surface area (Å²) >= 11 is 0. The fraction of sp³-hybridized carbons (Fsp3) is 0.391. The fourth-order valence-electron chi connectivity index (χ4n) is 4.16. The van der Waals surface area contributed by atoms with Crippen LogP contribution in [-0.4, -0.2) is 66.5 Å². The van der Waals surface area contributed by atoms with E-state index in [2.05, 4.69) is 10.1 Å². The van der Waals surface area contributed by atoms with E-state index in [1.165, 1.54) is 36.4 Å². The van der Waals surface area contributed by atoms with Gasteiger partial charge in [-0.3, -0.25) is 4.79 Å². The fourth-order valence-corrected chi connectivity index (χ4v) is 4.16. The molecule has 4 rings (SSSR count). The maximum Gasteiger partial charge on any atom is 0.573 e. The highest BCUT2D eigenvalue weighted by Gasteiger charge is 2.42. The zero-order valence-corrected chi connectivity index (χ0v) is 18.1. The molecule has 3 amide bonds. The van der Waals surface area contributed by atoms with Crippen molar-refractivity contribution in [1.82, 2.24) is 9.80 Å². The molecule has 1 spiro atoms. The molecule has 7 nitrogen and oxygen atoms in total. The Morgan fingerprint density at radius 3 is 2.21 bits per heavy atom. The van der Waals surface area contributed by atoms with E-state index in [0.717, 1.165) is 12.1 Å². The number of nitrogens with one attached hydrogen (secondary N) is 1. The van der Waals surface area contributed by atoms with E-state index < -0.39 is 23.8 Å². The minimum Gasteiger partial charge on any atom is -0.406 e. The van der Waals surface area contributed by atoms with Gasteiger partial charge in [0.2, 0.25) is 0 Å². The lowest BCUT2D eigenvalue weighted by molar-refractivity contribution is -0.274. The number of carbonyl (C=O) groups is 2. The molecule has 2 aliphatic heterocycles. The first-order valence-corrected chi connectivity index (χ1v) is 10.7. The Morgan fingerprint density at radius 2 is 1.59 bits per heavy atom. The lowest BCUT2D eigenvalue weighted by atomic mass is 9.89. The lowest BCUT2D eigenvalue weighted by Crippen LogP contribution is -2.59. The van der Waals surface area contributed by atoms with E-state index in [-0.39, 0.29) is 11.7 Å². The highest BCUT2D eigenvalue weighted by atomic mass is 19.4. The number of hydrogen-bond donors (Lipinski definition) is 1. The van der Waals surface area contributed by atoms with Crippen LogP contribution < -0.4 is 10.1 Å². The molecule has 2 heterocycles. The summed E-state index contributed by atoms with van der Waals surface area (Å²) in [5.74, 6) is -0.968. The number of rotatable bonds is 3. The topological polar surface area (TPSA) is 71.1 Å². The Morgan fingerprint density at radius 1 is 0.941 bits per heavy atom. The first kappa shape index (κ1) is 23.8. The summed E-state index contributed by atoms with van der Waals surface area (Å²) in [6.45, 7) is 1.89. The minimum absolute atomic E-state index is 0.182. The van der Waals surface area contributed by atoms with Crippen molar-refractivity contribution in [2.24, 2.45) is 0 Å². The van der Waals surface area contributed by atoms with Gasteiger partial charge in [0.15, 0.2) is 0 Å². The molecule has 2 saturated heterocycles. The third-order valence-corrected chi connectivity index (χ3v) is 5.93. The predicted octanol–water partition coefficient (Wildman–Crippen LogP) is 4.26. The number of amides is 3. The van der Waals surface area contributed by atoms with Gasteiger partial charge in [-0.25, -0.2) is 9.18 Å². The van der Waals surface area contributed by atoms with Crippen LogP contribution in [0.5, 0.6) is 5.75 Å². The molecule has 2 aliphatic rings. The Bertz CT molecular complexity index is 1020. The molecule has 0 atom stereocenters. The summed E-state index contributed by atoms with van der Waals surface area (Å²) in [7, 11) is 0. The van der Waals surface area contributed by atoms with Gasteiger partial charge in [0.25, 0.3) is 5.91 Å². The maximum absolute atomic E-state index is 13.1. The first-order chi connectivity index (χ1) is 16.1. The molecule has 0 aromatic heterocycles. The van der Waals surface area contributed by atoms with E-state index in [1.807, 2.05) is 0 Å². The highest BCUT2D eigenvalue weighted by Crippen LogP contribution is 2.31. The van der Waals surface area contributed by atoms with Crippen molar-refractivity contribution >= 4 is 17.6 Å². The number of nitrogens with zero attached hydrogens (tertiary/aromatic N) is 2. The average Bonchev–Trinajstić information content (AvgIpc) is 2.80. The summed E-state index contributed by atoms with van der Waals surface area (Å²) in [5.41, 5.74) is 0.161. The summed E-state index contributed by atoms with van der Waals surface area (Å²) < 4.78 is 59.8. The monoisotopic (exact) mass is 481 g/mol. The number of carbonyl (C=O) groups excluding carboxylic acids is 2. The van der Waals surface area contributed by atoms with Crippen molar-refractivity contribution in [3.05, 3.63) is 59.9 Å². The van der Waals surface area contributed by atoms with Gasteiger partial charge in [-0.2, -0.15) is 0 Å². The van der Waals surface area contributed by atoms with Gasteiger partial charge >= 0.3 is 12.4 Å². The van der Waals surface area contributed by atoms with Crippen LogP contribution in [0.3, 0.4) is 0 Å². The van der Waals surface area contributed by atoms with E-state index in [9.17, 15) is 27.2 Å². The van der Waals surface area contributed by atoms with Crippen LogP contribution in [-0.2, 0) is 4.74 Å². The molecule has 2 aromatic rings. The second-order valence-electron chi connectivity index (χ2n) is 8.25. The van der Waals surface area contributed by atoms with E-state index in [1.54, 1.807) is 9.80 Å². The van der Waals surface area contributed by atoms with Crippen molar-refractivity contribution in [2.75, 3.05) is 38.1 Å². The minimum atomic E-state index is -4.79. The molecular weight excluding hydrogens is 458 g/mol. The van der Waals surface area contributed by atoms with Crippen molar-refractivity contribution in [3.63, 3.8) is 0 Å². The van der Waals surface area contributed by atoms with Gasteiger partial charge in [-0.05, 0) is 61.4 Å². The molecule has 2 fully saturated rings. The summed E-state index contributed by atoms with van der Waals surface area (Å²) in [5, 5.41) is 2.68. The van der Waals surface area contributed by atoms with Crippen LogP contribution in [0, 0.1) is 5.82 Å². The number of hydrogen-bond acceptors (Lipinski definition) is 4. The molecule has 2 aromatic carbocycles. The Hall–Kier alpha value is -3.34. The van der Waals surface area contributed by atoms with Crippen molar-refractivity contribution in [1.29, 1.82) is 0 Å². The molecule has 0 saturated carbocycles. The molecule has 1 N–H and O–H groups in total. The predicted molar refractivity (Wildman–Crippen MR) is 114 cm³/mol. The van der Waals surface area contributed by atoms with Gasteiger partial charge in [-0.1, -0.05) is 0 Å². The molecule has 182 valence electrons. The molecule has 0 bridgehead atoms. The van der Waals surface area contributed by atoms with Crippen molar-refractivity contribution < 1.29 is 36.6 Å². The Balaban J connectivity index is 1.32.